The molecule has 0 saturated carbocycles. The molecule has 5 heteroatoms. The van der Waals surface area contributed by atoms with Gasteiger partial charge in [0, 0.05) is 45.8 Å². The second kappa shape index (κ2) is 10.8. The fourth-order valence-electron chi connectivity index (χ4n) is 4.44. The van der Waals surface area contributed by atoms with Crippen LogP contribution in [0.2, 0.25) is 0 Å². The molecule has 0 aliphatic carbocycles. The first-order valence-corrected chi connectivity index (χ1v) is 11.1. The summed E-state index contributed by atoms with van der Waals surface area (Å²) in [5, 5.41) is 3.62. The first-order chi connectivity index (χ1) is 13.7. The van der Waals surface area contributed by atoms with Crippen molar-refractivity contribution in [3.05, 3.63) is 35.9 Å². The summed E-state index contributed by atoms with van der Waals surface area (Å²) >= 11 is 0. The van der Waals surface area contributed by atoms with Crippen molar-refractivity contribution in [2.75, 3.05) is 53.4 Å². The minimum Gasteiger partial charge on any atom is -0.355 e. The molecule has 1 N–H and O–H groups in total. The van der Waals surface area contributed by atoms with Crippen molar-refractivity contribution in [2.45, 2.75) is 45.2 Å². The molecular weight excluding hydrogens is 346 g/mol. The standard InChI is InChI=1S/C23H39N5/c1-20(26(3)17-21-10-6-4-7-11-21)16-25-23(24-2)28-15-12-22(19-28)18-27-13-8-5-9-14-27/h4,6-7,10-11,20,22H,5,8-9,12-19H2,1-3H3,(H,24,25). The summed E-state index contributed by atoms with van der Waals surface area (Å²) < 4.78 is 0. The zero-order valence-corrected chi connectivity index (χ0v) is 18.1. The topological polar surface area (TPSA) is 34.1 Å². The van der Waals surface area contributed by atoms with Crippen LogP contribution in [0.4, 0.5) is 0 Å². The zero-order valence-electron chi connectivity index (χ0n) is 18.1. The summed E-state index contributed by atoms with van der Waals surface area (Å²) in [4.78, 5) is 12.1. The molecule has 0 spiro atoms. The number of piperidine rings is 1. The monoisotopic (exact) mass is 385 g/mol. The maximum absolute atomic E-state index is 4.57. The van der Waals surface area contributed by atoms with Crippen molar-refractivity contribution in [1.29, 1.82) is 0 Å². The second-order valence-corrected chi connectivity index (χ2v) is 8.64. The number of guanidine groups is 1. The van der Waals surface area contributed by atoms with Crippen LogP contribution in [-0.2, 0) is 6.54 Å². The fraction of sp³-hybridized carbons (Fsp3) is 0.696. The average molecular weight is 386 g/mol. The third-order valence-corrected chi connectivity index (χ3v) is 6.35. The molecule has 2 heterocycles. The Bertz CT molecular complexity index is 596. The largest absolute Gasteiger partial charge is 0.355 e. The Labute approximate surface area is 171 Å². The van der Waals surface area contributed by atoms with Crippen molar-refractivity contribution >= 4 is 5.96 Å². The Morgan fingerprint density at radius 2 is 1.93 bits per heavy atom. The molecule has 0 aromatic heterocycles. The zero-order chi connectivity index (χ0) is 19.8. The quantitative estimate of drug-likeness (QED) is 0.578. The molecule has 5 nitrogen and oxygen atoms in total. The third kappa shape index (κ3) is 6.21. The number of likely N-dealkylation sites (N-methyl/N-ethyl adjacent to an activating group) is 1. The van der Waals surface area contributed by atoms with Crippen LogP contribution in [0.25, 0.3) is 0 Å². The van der Waals surface area contributed by atoms with Gasteiger partial charge in [-0.05, 0) is 57.8 Å². The van der Waals surface area contributed by atoms with Gasteiger partial charge in [0.2, 0.25) is 0 Å². The number of hydrogen-bond acceptors (Lipinski definition) is 3. The van der Waals surface area contributed by atoms with Gasteiger partial charge in [0.25, 0.3) is 0 Å². The summed E-state index contributed by atoms with van der Waals surface area (Å²) in [6.45, 7) is 10.3. The SMILES string of the molecule is CN=C(NCC(C)N(C)Cc1ccccc1)N1CCC(CN2CCCCC2)C1. The van der Waals surface area contributed by atoms with Crippen LogP contribution in [0.3, 0.4) is 0 Å². The van der Waals surface area contributed by atoms with Crippen LogP contribution < -0.4 is 5.32 Å². The van der Waals surface area contributed by atoms with E-state index in [4.69, 9.17) is 0 Å². The molecule has 2 aliphatic rings. The van der Waals surface area contributed by atoms with E-state index in [9.17, 15) is 0 Å². The first kappa shape index (κ1) is 21.1. The normalized spacial score (nSPS) is 22.6. The molecule has 2 unspecified atom stereocenters. The molecule has 0 radical (unpaired) electrons. The van der Waals surface area contributed by atoms with Gasteiger partial charge in [-0.3, -0.25) is 9.89 Å². The van der Waals surface area contributed by atoms with Crippen LogP contribution in [-0.4, -0.2) is 80.1 Å². The number of nitrogens with one attached hydrogen (secondary N) is 1. The molecular formula is C23H39N5. The summed E-state index contributed by atoms with van der Waals surface area (Å²) in [7, 11) is 4.12. The Hall–Kier alpha value is -1.59. The van der Waals surface area contributed by atoms with E-state index >= 15 is 0 Å². The van der Waals surface area contributed by atoms with E-state index in [-0.39, 0.29) is 0 Å². The van der Waals surface area contributed by atoms with Gasteiger partial charge in [0.05, 0.1) is 0 Å². The number of likely N-dealkylation sites (tertiary alicyclic amines) is 2. The molecule has 3 rings (SSSR count). The summed E-state index contributed by atoms with van der Waals surface area (Å²) in [6, 6.07) is 11.1. The van der Waals surface area contributed by atoms with Crippen LogP contribution in [0, 0.1) is 5.92 Å². The van der Waals surface area contributed by atoms with Gasteiger partial charge < -0.3 is 15.1 Å². The smallest absolute Gasteiger partial charge is 0.193 e. The highest BCUT2D eigenvalue weighted by atomic mass is 15.3. The number of aliphatic imine (C=N–C) groups is 1. The Kier molecular flexibility index (Phi) is 8.16. The number of nitrogens with zero attached hydrogens (tertiary/aromatic N) is 4. The second-order valence-electron chi connectivity index (χ2n) is 8.64. The van der Waals surface area contributed by atoms with E-state index in [1.807, 2.05) is 7.05 Å². The van der Waals surface area contributed by atoms with Crippen LogP contribution in [0.5, 0.6) is 0 Å². The molecule has 2 saturated heterocycles. The molecule has 0 bridgehead atoms. The first-order valence-electron chi connectivity index (χ1n) is 11.1. The molecule has 2 fully saturated rings. The number of benzene rings is 1. The molecule has 0 amide bonds. The highest BCUT2D eigenvalue weighted by Crippen LogP contribution is 2.20. The summed E-state index contributed by atoms with van der Waals surface area (Å²) in [5.41, 5.74) is 1.36. The van der Waals surface area contributed by atoms with Gasteiger partial charge in [0.15, 0.2) is 5.96 Å². The van der Waals surface area contributed by atoms with Crippen LogP contribution >= 0.6 is 0 Å². The third-order valence-electron chi connectivity index (χ3n) is 6.35. The van der Waals surface area contributed by atoms with Gasteiger partial charge in [-0.2, -0.15) is 0 Å². The molecule has 2 aliphatic heterocycles. The van der Waals surface area contributed by atoms with Crippen molar-refractivity contribution in [3.63, 3.8) is 0 Å². The molecule has 156 valence electrons. The van der Waals surface area contributed by atoms with Crippen LogP contribution in [0.1, 0.15) is 38.2 Å². The highest BCUT2D eigenvalue weighted by molar-refractivity contribution is 5.80. The van der Waals surface area contributed by atoms with Gasteiger partial charge in [0.1, 0.15) is 0 Å². The van der Waals surface area contributed by atoms with Crippen LogP contribution in [0.15, 0.2) is 35.3 Å². The molecule has 28 heavy (non-hydrogen) atoms. The fourth-order valence-corrected chi connectivity index (χ4v) is 4.44. The van der Waals surface area contributed by atoms with Crippen molar-refractivity contribution in [3.8, 4) is 0 Å². The van der Waals surface area contributed by atoms with Gasteiger partial charge in [-0.15, -0.1) is 0 Å². The summed E-state index contributed by atoms with van der Waals surface area (Å²) in [5.74, 6) is 1.86. The minimum atomic E-state index is 0.448. The van der Waals surface area contributed by atoms with Gasteiger partial charge in [-0.1, -0.05) is 36.8 Å². The molecule has 1 aromatic carbocycles. The van der Waals surface area contributed by atoms with Crippen molar-refractivity contribution in [1.82, 2.24) is 20.0 Å². The predicted molar refractivity (Wildman–Crippen MR) is 119 cm³/mol. The van der Waals surface area contributed by atoms with E-state index in [2.05, 4.69) is 69.3 Å². The highest BCUT2D eigenvalue weighted by Gasteiger charge is 2.27. The maximum Gasteiger partial charge on any atom is 0.193 e. The Balaban J connectivity index is 1.41. The molecule has 2 atom stereocenters. The van der Waals surface area contributed by atoms with Crippen molar-refractivity contribution in [2.24, 2.45) is 10.9 Å². The van der Waals surface area contributed by atoms with E-state index in [1.54, 1.807) is 0 Å². The number of rotatable bonds is 7. The summed E-state index contributed by atoms with van der Waals surface area (Å²) in [6.07, 6.45) is 5.48. The Morgan fingerprint density at radius 3 is 2.64 bits per heavy atom. The van der Waals surface area contributed by atoms with Gasteiger partial charge in [-0.25, -0.2) is 0 Å². The van der Waals surface area contributed by atoms with E-state index < -0.39 is 0 Å². The van der Waals surface area contributed by atoms with Gasteiger partial charge >= 0.3 is 0 Å². The predicted octanol–water partition coefficient (Wildman–Crippen LogP) is 2.89. The lowest BCUT2D eigenvalue weighted by atomic mass is 10.1. The average Bonchev–Trinajstić information content (AvgIpc) is 3.18. The lowest BCUT2D eigenvalue weighted by molar-refractivity contribution is 0.198. The van der Waals surface area contributed by atoms with Crippen molar-refractivity contribution < 1.29 is 0 Å². The number of hydrogen-bond donors (Lipinski definition) is 1. The Morgan fingerprint density at radius 1 is 1.18 bits per heavy atom. The minimum absolute atomic E-state index is 0.448. The lowest BCUT2D eigenvalue weighted by Crippen LogP contribution is -2.46. The van der Waals surface area contributed by atoms with E-state index in [0.29, 0.717) is 6.04 Å². The molecule has 1 aromatic rings. The van der Waals surface area contributed by atoms with E-state index in [0.717, 1.165) is 38.1 Å². The lowest BCUT2D eigenvalue weighted by Gasteiger charge is -2.30. The maximum atomic E-state index is 4.57. The van der Waals surface area contributed by atoms with E-state index in [1.165, 1.54) is 50.9 Å².